The number of aliphatic carboxylic acids is 1. The summed E-state index contributed by atoms with van der Waals surface area (Å²) in [7, 11) is 0. The molecule has 0 heterocycles. The van der Waals surface area contributed by atoms with Gasteiger partial charge in [0.25, 0.3) is 0 Å². The molecule has 25 heavy (non-hydrogen) atoms. The largest absolute Gasteiger partial charge is 0.487 e. The first kappa shape index (κ1) is 19.7. The van der Waals surface area contributed by atoms with E-state index in [1.54, 1.807) is 0 Å². The zero-order valence-electron chi connectivity index (χ0n) is 13.3. The molecule has 0 fully saturated rings. The lowest BCUT2D eigenvalue weighted by molar-refractivity contribution is -0.134. The Balaban J connectivity index is 2.24. The average Bonchev–Trinajstić information content (AvgIpc) is 2.54. The van der Waals surface area contributed by atoms with Gasteiger partial charge in [0.15, 0.2) is 0 Å². The number of ether oxygens (including phenoxy) is 1. The van der Waals surface area contributed by atoms with E-state index in [-0.39, 0.29) is 5.70 Å². The Hall–Kier alpha value is -1.62. The van der Waals surface area contributed by atoms with Crippen molar-refractivity contribution in [1.82, 2.24) is 5.32 Å². The summed E-state index contributed by atoms with van der Waals surface area (Å²) in [6.45, 7) is 1.72. The van der Waals surface area contributed by atoms with E-state index in [1.807, 2.05) is 42.5 Å². The number of carbonyl (C=O) groups excluding carboxylic acids is 1. The SMILES string of the molecule is CC(=O)NC(=Cc1cc(I)c(OCc2ccccc2)c(I)c1)C(=O)O. The number of carbonyl (C=O) groups is 2. The van der Waals surface area contributed by atoms with Gasteiger partial charge < -0.3 is 15.2 Å². The molecule has 0 spiro atoms. The highest BCUT2D eigenvalue weighted by Gasteiger charge is 2.12. The van der Waals surface area contributed by atoms with Crippen molar-refractivity contribution in [2.75, 3.05) is 0 Å². The molecule has 2 aromatic carbocycles. The van der Waals surface area contributed by atoms with Crippen LogP contribution in [0.4, 0.5) is 0 Å². The topological polar surface area (TPSA) is 75.6 Å². The van der Waals surface area contributed by atoms with Crippen LogP contribution in [0.25, 0.3) is 6.08 Å². The van der Waals surface area contributed by atoms with E-state index >= 15 is 0 Å². The number of rotatable bonds is 6. The van der Waals surface area contributed by atoms with Crippen LogP contribution in [0.3, 0.4) is 0 Å². The third-order valence-corrected chi connectivity index (χ3v) is 4.70. The molecular weight excluding hydrogens is 548 g/mol. The maximum Gasteiger partial charge on any atom is 0.352 e. The molecule has 130 valence electrons. The Morgan fingerprint density at radius 3 is 2.28 bits per heavy atom. The number of hydrogen-bond acceptors (Lipinski definition) is 3. The standard InChI is InChI=1S/C18H15I2NO4/c1-11(22)21-16(18(23)24)9-13-7-14(19)17(15(20)8-13)25-10-12-5-3-2-4-6-12/h2-9H,10H2,1H3,(H,21,22)(H,23,24). The zero-order valence-corrected chi connectivity index (χ0v) is 17.6. The summed E-state index contributed by atoms with van der Waals surface area (Å²) in [6.07, 6.45) is 1.43. The van der Waals surface area contributed by atoms with Gasteiger partial charge in [0.2, 0.25) is 5.91 Å². The minimum Gasteiger partial charge on any atom is -0.487 e. The van der Waals surface area contributed by atoms with Crippen molar-refractivity contribution in [3.05, 3.63) is 66.4 Å². The van der Waals surface area contributed by atoms with E-state index < -0.39 is 11.9 Å². The van der Waals surface area contributed by atoms with Crippen molar-refractivity contribution in [2.24, 2.45) is 0 Å². The lowest BCUT2D eigenvalue weighted by atomic mass is 10.2. The van der Waals surface area contributed by atoms with Crippen molar-refractivity contribution in [3.63, 3.8) is 0 Å². The van der Waals surface area contributed by atoms with E-state index in [4.69, 9.17) is 4.74 Å². The van der Waals surface area contributed by atoms with Crippen LogP contribution >= 0.6 is 45.2 Å². The summed E-state index contributed by atoms with van der Waals surface area (Å²) in [5, 5.41) is 11.5. The number of benzene rings is 2. The summed E-state index contributed by atoms with van der Waals surface area (Å²) in [5.41, 5.74) is 1.57. The van der Waals surface area contributed by atoms with Crippen molar-refractivity contribution < 1.29 is 19.4 Å². The van der Waals surface area contributed by atoms with E-state index in [0.29, 0.717) is 12.2 Å². The Bertz CT molecular complexity index is 796. The third-order valence-electron chi connectivity index (χ3n) is 3.10. The van der Waals surface area contributed by atoms with Gasteiger partial charge in [-0.3, -0.25) is 4.79 Å². The number of halogens is 2. The molecule has 1 amide bonds. The van der Waals surface area contributed by atoms with Crippen LogP contribution in [0.15, 0.2) is 48.2 Å². The average molecular weight is 563 g/mol. The second-order valence-electron chi connectivity index (χ2n) is 5.13. The molecule has 0 aliphatic carbocycles. The molecule has 0 aliphatic rings. The quantitative estimate of drug-likeness (QED) is 0.412. The second kappa shape index (κ2) is 9.18. The fourth-order valence-corrected chi connectivity index (χ4v) is 4.17. The minimum absolute atomic E-state index is 0.169. The summed E-state index contributed by atoms with van der Waals surface area (Å²) in [4.78, 5) is 22.3. The van der Waals surface area contributed by atoms with Gasteiger partial charge in [-0.25, -0.2) is 4.79 Å². The van der Waals surface area contributed by atoms with Crippen LogP contribution in [-0.2, 0) is 16.2 Å². The maximum atomic E-state index is 11.2. The molecule has 7 heteroatoms. The number of nitrogens with one attached hydrogen (secondary N) is 1. The fourth-order valence-electron chi connectivity index (χ4n) is 2.04. The molecule has 0 atom stereocenters. The predicted molar refractivity (Wildman–Crippen MR) is 112 cm³/mol. The number of carboxylic acid groups (broad SMARTS) is 1. The molecule has 2 N–H and O–H groups in total. The van der Waals surface area contributed by atoms with Crippen LogP contribution < -0.4 is 10.1 Å². The van der Waals surface area contributed by atoms with Gasteiger partial charge >= 0.3 is 5.97 Å². The van der Waals surface area contributed by atoms with Gasteiger partial charge in [0.05, 0.1) is 7.14 Å². The van der Waals surface area contributed by atoms with Crippen molar-refractivity contribution >= 4 is 63.1 Å². The Morgan fingerprint density at radius 2 is 1.76 bits per heavy atom. The van der Waals surface area contributed by atoms with Crippen molar-refractivity contribution in [2.45, 2.75) is 13.5 Å². The molecule has 0 aliphatic heterocycles. The number of amides is 1. The normalized spacial score (nSPS) is 11.1. The number of carboxylic acids is 1. The van der Waals surface area contributed by atoms with Crippen LogP contribution in [0.1, 0.15) is 18.1 Å². The molecule has 0 aromatic heterocycles. The van der Waals surface area contributed by atoms with Crippen LogP contribution in [0.2, 0.25) is 0 Å². The van der Waals surface area contributed by atoms with Gasteiger partial charge in [-0.2, -0.15) is 0 Å². The molecule has 0 bridgehead atoms. The monoisotopic (exact) mass is 563 g/mol. The van der Waals surface area contributed by atoms with Crippen LogP contribution in [0.5, 0.6) is 5.75 Å². The van der Waals surface area contributed by atoms with Crippen molar-refractivity contribution in [3.8, 4) is 5.75 Å². The highest BCUT2D eigenvalue weighted by Crippen LogP contribution is 2.30. The first-order valence-electron chi connectivity index (χ1n) is 7.25. The summed E-state index contributed by atoms with van der Waals surface area (Å²) in [5.74, 6) is -0.871. The van der Waals surface area contributed by atoms with E-state index in [1.165, 1.54) is 13.0 Å². The van der Waals surface area contributed by atoms with E-state index in [9.17, 15) is 14.7 Å². The Morgan fingerprint density at radius 1 is 1.16 bits per heavy atom. The summed E-state index contributed by atoms with van der Waals surface area (Å²) >= 11 is 4.30. The molecule has 0 unspecified atom stereocenters. The molecular formula is C18H15I2NO4. The highest BCUT2D eigenvalue weighted by atomic mass is 127. The van der Waals surface area contributed by atoms with Gasteiger partial charge in [-0.05, 0) is 74.5 Å². The molecule has 0 saturated heterocycles. The Labute approximate surface area is 172 Å². The first-order valence-corrected chi connectivity index (χ1v) is 9.41. The molecule has 0 saturated carbocycles. The van der Waals surface area contributed by atoms with E-state index in [0.717, 1.165) is 18.5 Å². The molecule has 2 rings (SSSR count). The second-order valence-corrected chi connectivity index (χ2v) is 7.46. The lowest BCUT2D eigenvalue weighted by Crippen LogP contribution is -2.24. The van der Waals surface area contributed by atoms with Crippen LogP contribution in [-0.4, -0.2) is 17.0 Å². The van der Waals surface area contributed by atoms with Crippen LogP contribution in [0, 0.1) is 7.14 Å². The first-order chi connectivity index (χ1) is 11.9. The number of hydrogen-bond donors (Lipinski definition) is 2. The summed E-state index contributed by atoms with van der Waals surface area (Å²) < 4.78 is 7.62. The predicted octanol–water partition coefficient (Wildman–Crippen LogP) is 4.04. The maximum absolute atomic E-state index is 11.2. The van der Waals surface area contributed by atoms with Gasteiger partial charge in [0.1, 0.15) is 18.1 Å². The van der Waals surface area contributed by atoms with Gasteiger partial charge in [-0.15, -0.1) is 0 Å². The lowest BCUT2D eigenvalue weighted by Gasteiger charge is -2.12. The molecule has 5 nitrogen and oxygen atoms in total. The highest BCUT2D eigenvalue weighted by molar-refractivity contribution is 14.1. The minimum atomic E-state index is -1.19. The Kier molecular flexibility index (Phi) is 7.24. The zero-order chi connectivity index (χ0) is 18.4. The van der Waals surface area contributed by atoms with Gasteiger partial charge in [-0.1, -0.05) is 30.3 Å². The smallest absolute Gasteiger partial charge is 0.352 e. The fraction of sp³-hybridized carbons (Fsp3) is 0.111. The third kappa shape index (κ3) is 5.99. The molecule has 0 radical (unpaired) electrons. The molecule has 2 aromatic rings. The summed E-state index contributed by atoms with van der Waals surface area (Å²) in [6, 6.07) is 13.5. The van der Waals surface area contributed by atoms with Gasteiger partial charge in [0, 0.05) is 6.92 Å². The van der Waals surface area contributed by atoms with Crippen molar-refractivity contribution in [1.29, 1.82) is 0 Å². The van der Waals surface area contributed by atoms with E-state index in [2.05, 4.69) is 50.5 Å².